The standard InChI is InChI=1S/C33H44N6O6S/c1-18(2)35-31-37-25(17-46-31)24-15-27(22-12-11-20(43-6)13-23(22)36-24)44-21-14-26(29(34)40)39(16-21)30(41)28(33(3,4)5)38-32(42)45-19-9-7-8-10-19/h11-13,15,17-19,21,26,28H,7-10,14,16H2,1-6H3,(H2,34,40)(H,35,37)(H,38,42)/t21?,26-,28+/m0/s1. The number of benzene rings is 1. The van der Waals surface area contributed by atoms with Gasteiger partial charge >= 0.3 is 6.09 Å². The van der Waals surface area contributed by atoms with Gasteiger partial charge in [-0.15, -0.1) is 11.3 Å². The maximum absolute atomic E-state index is 14.0. The van der Waals surface area contributed by atoms with Crippen LogP contribution in [0.2, 0.25) is 0 Å². The van der Waals surface area contributed by atoms with Crippen LogP contribution in [0.4, 0.5) is 9.93 Å². The first-order valence-electron chi connectivity index (χ1n) is 15.8. The number of methoxy groups -OCH3 is 1. The molecule has 1 unspecified atom stereocenters. The average molecular weight is 653 g/mol. The highest BCUT2D eigenvalue weighted by atomic mass is 32.1. The number of nitrogens with zero attached hydrogens (tertiary/aromatic N) is 3. The van der Waals surface area contributed by atoms with Crippen molar-refractivity contribution in [1.82, 2.24) is 20.2 Å². The van der Waals surface area contributed by atoms with E-state index >= 15 is 0 Å². The largest absolute Gasteiger partial charge is 0.497 e. The number of amides is 3. The number of nitrogens with one attached hydrogen (secondary N) is 2. The zero-order valence-corrected chi connectivity index (χ0v) is 28.1. The molecular formula is C33H44N6O6S. The lowest BCUT2D eigenvalue weighted by Crippen LogP contribution is -2.57. The van der Waals surface area contributed by atoms with E-state index in [4.69, 9.17) is 29.9 Å². The number of ether oxygens (including phenoxy) is 3. The maximum atomic E-state index is 14.0. The van der Waals surface area contributed by atoms with Gasteiger partial charge in [-0.1, -0.05) is 20.8 Å². The van der Waals surface area contributed by atoms with Crippen molar-refractivity contribution in [2.45, 2.75) is 97.1 Å². The lowest BCUT2D eigenvalue weighted by atomic mass is 9.85. The van der Waals surface area contributed by atoms with E-state index in [0.717, 1.165) is 36.2 Å². The van der Waals surface area contributed by atoms with Crippen LogP contribution in [0.1, 0.15) is 66.7 Å². The third-order valence-corrected chi connectivity index (χ3v) is 9.05. The minimum absolute atomic E-state index is 0.104. The zero-order chi connectivity index (χ0) is 33.2. The molecule has 1 aromatic carbocycles. The third-order valence-electron chi connectivity index (χ3n) is 8.28. The molecule has 0 radical (unpaired) electrons. The van der Waals surface area contributed by atoms with E-state index < -0.39 is 41.5 Å². The maximum Gasteiger partial charge on any atom is 0.408 e. The smallest absolute Gasteiger partial charge is 0.408 e. The van der Waals surface area contributed by atoms with Gasteiger partial charge in [-0.05, 0) is 57.1 Å². The molecule has 5 rings (SSSR count). The first kappa shape index (κ1) is 33.2. The number of hydrogen-bond acceptors (Lipinski definition) is 10. The number of nitrogens with two attached hydrogens (primary N) is 1. The Morgan fingerprint density at radius 1 is 1.07 bits per heavy atom. The van der Waals surface area contributed by atoms with Gasteiger partial charge in [0.15, 0.2) is 5.13 Å². The van der Waals surface area contributed by atoms with Crippen LogP contribution in [0.25, 0.3) is 22.3 Å². The number of aromatic nitrogens is 2. The number of fused-ring (bicyclic) bond motifs is 1. The van der Waals surface area contributed by atoms with Crippen LogP contribution >= 0.6 is 11.3 Å². The van der Waals surface area contributed by atoms with Gasteiger partial charge in [0.05, 0.1) is 24.9 Å². The fourth-order valence-corrected chi connectivity index (χ4v) is 6.79. The molecule has 0 spiro atoms. The van der Waals surface area contributed by atoms with Gasteiger partial charge in [0.1, 0.15) is 41.5 Å². The number of rotatable bonds is 10. The van der Waals surface area contributed by atoms with Gasteiger partial charge in [0, 0.05) is 35.4 Å². The van der Waals surface area contributed by atoms with Crippen molar-refractivity contribution in [1.29, 1.82) is 0 Å². The molecule has 13 heteroatoms. The summed E-state index contributed by atoms with van der Waals surface area (Å²) in [4.78, 5) is 50.5. The minimum Gasteiger partial charge on any atom is -0.497 e. The number of pyridine rings is 1. The Labute approximate surface area is 273 Å². The van der Waals surface area contributed by atoms with Crippen LogP contribution < -0.4 is 25.8 Å². The minimum atomic E-state index is -0.943. The summed E-state index contributed by atoms with van der Waals surface area (Å²) in [6.07, 6.45) is 2.50. The van der Waals surface area contributed by atoms with Gasteiger partial charge in [0.25, 0.3) is 0 Å². The van der Waals surface area contributed by atoms with E-state index in [9.17, 15) is 14.4 Å². The SMILES string of the molecule is COc1ccc2c(OC3C[C@@H](C(N)=O)N(C(=O)[C@@H](NC(=O)OC4CCCC4)C(C)(C)C)C3)cc(-c3csc(NC(C)C)n3)nc2c1. The molecule has 3 amide bonds. The number of carbonyl (C=O) groups excluding carboxylic acids is 3. The average Bonchev–Trinajstić information content (AvgIpc) is 3.76. The lowest BCUT2D eigenvalue weighted by Gasteiger charge is -2.34. The molecule has 248 valence electrons. The second-order valence-electron chi connectivity index (χ2n) is 13.4. The number of anilines is 1. The number of primary amides is 1. The van der Waals surface area contributed by atoms with Crippen molar-refractivity contribution >= 4 is 45.3 Å². The quantitative estimate of drug-likeness (QED) is 0.271. The number of thiazole rings is 1. The Kier molecular flexibility index (Phi) is 9.90. The predicted octanol–water partition coefficient (Wildman–Crippen LogP) is 5.10. The van der Waals surface area contributed by atoms with Crippen molar-refractivity contribution in [3.8, 4) is 22.9 Å². The summed E-state index contributed by atoms with van der Waals surface area (Å²) in [5.41, 5.74) is 7.10. The van der Waals surface area contributed by atoms with Gasteiger partial charge in [-0.3, -0.25) is 9.59 Å². The van der Waals surface area contributed by atoms with E-state index in [1.165, 1.54) is 16.2 Å². The first-order chi connectivity index (χ1) is 21.8. The van der Waals surface area contributed by atoms with Gasteiger partial charge in [-0.25, -0.2) is 14.8 Å². The summed E-state index contributed by atoms with van der Waals surface area (Å²) in [6, 6.07) is 5.71. The highest BCUT2D eigenvalue weighted by Crippen LogP contribution is 2.36. The van der Waals surface area contributed by atoms with E-state index in [0.29, 0.717) is 28.4 Å². The molecule has 2 fully saturated rings. The van der Waals surface area contributed by atoms with Crippen LogP contribution in [0, 0.1) is 5.41 Å². The topological polar surface area (TPSA) is 158 Å². The number of carbonyl (C=O) groups is 3. The number of hydrogen-bond donors (Lipinski definition) is 3. The van der Waals surface area contributed by atoms with Gasteiger partial charge < -0.3 is 35.5 Å². The summed E-state index contributed by atoms with van der Waals surface area (Å²) in [5.74, 6) is 0.117. The highest BCUT2D eigenvalue weighted by Gasteiger charge is 2.45. The van der Waals surface area contributed by atoms with E-state index in [1.54, 1.807) is 7.11 Å². The Morgan fingerprint density at radius 3 is 2.46 bits per heavy atom. The molecule has 1 aliphatic heterocycles. The summed E-state index contributed by atoms with van der Waals surface area (Å²) in [6.45, 7) is 9.76. The van der Waals surface area contributed by atoms with E-state index in [1.807, 2.05) is 64.3 Å². The fraction of sp³-hybridized carbons (Fsp3) is 0.545. The molecule has 3 heterocycles. The number of alkyl carbamates (subject to hydrolysis) is 1. The van der Waals surface area contributed by atoms with Crippen LogP contribution in [0.15, 0.2) is 29.6 Å². The fourth-order valence-electron chi connectivity index (χ4n) is 5.94. The Balaban J connectivity index is 1.41. The molecule has 2 aromatic heterocycles. The molecule has 0 bridgehead atoms. The third kappa shape index (κ3) is 7.63. The van der Waals surface area contributed by atoms with Gasteiger partial charge in [0.2, 0.25) is 11.8 Å². The molecule has 1 aliphatic carbocycles. The van der Waals surface area contributed by atoms with Gasteiger partial charge in [-0.2, -0.15) is 0 Å². The normalized spacial score (nSPS) is 19.3. The van der Waals surface area contributed by atoms with Crippen LogP contribution in [0.5, 0.6) is 11.5 Å². The Morgan fingerprint density at radius 2 is 1.80 bits per heavy atom. The van der Waals surface area contributed by atoms with Crippen molar-refractivity contribution in [2.24, 2.45) is 11.1 Å². The molecule has 3 aromatic rings. The molecule has 3 atom stereocenters. The Bertz CT molecular complexity index is 1580. The highest BCUT2D eigenvalue weighted by molar-refractivity contribution is 7.14. The molecule has 2 aliphatic rings. The molecule has 1 saturated heterocycles. The van der Waals surface area contributed by atoms with Crippen LogP contribution in [-0.2, 0) is 14.3 Å². The summed E-state index contributed by atoms with van der Waals surface area (Å²) >= 11 is 1.49. The lowest BCUT2D eigenvalue weighted by molar-refractivity contribution is -0.141. The molecule has 12 nitrogen and oxygen atoms in total. The second-order valence-corrected chi connectivity index (χ2v) is 14.2. The molecule has 1 saturated carbocycles. The Hall–Kier alpha value is -4.13. The van der Waals surface area contributed by atoms with E-state index in [-0.39, 0.29) is 25.1 Å². The first-order valence-corrected chi connectivity index (χ1v) is 16.6. The summed E-state index contributed by atoms with van der Waals surface area (Å²) in [7, 11) is 1.59. The van der Waals surface area contributed by atoms with E-state index in [2.05, 4.69) is 10.6 Å². The second kappa shape index (κ2) is 13.7. The predicted molar refractivity (Wildman–Crippen MR) is 177 cm³/mol. The zero-order valence-electron chi connectivity index (χ0n) is 27.3. The summed E-state index contributed by atoms with van der Waals surface area (Å²) < 4.78 is 17.6. The molecular weight excluding hydrogens is 608 g/mol. The van der Waals surface area contributed by atoms with Crippen molar-refractivity contribution < 1.29 is 28.6 Å². The van der Waals surface area contributed by atoms with Crippen molar-refractivity contribution in [3.05, 3.63) is 29.6 Å². The number of likely N-dealkylation sites (tertiary alicyclic amines) is 1. The van der Waals surface area contributed by atoms with Crippen molar-refractivity contribution in [2.75, 3.05) is 19.0 Å². The van der Waals surface area contributed by atoms with Crippen molar-refractivity contribution in [3.63, 3.8) is 0 Å². The molecule has 4 N–H and O–H groups in total. The van der Waals surface area contributed by atoms with Crippen LogP contribution in [0.3, 0.4) is 0 Å². The van der Waals surface area contributed by atoms with Crippen LogP contribution in [-0.4, -0.2) is 76.8 Å². The summed E-state index contributed by atoms with van der Waals surface area (Å²) in [5, 5.41) is 9.55. The monoisotopic (exact) mass is 652 g/mol. The molecule has 46 heavy (non-hydrogen) atoms.